The number of hydrogen-bond donors (Lipinski definition) is 2. The average molecular weight is 262 g/mol. The van der Waals surface area contributed by atoms with Crippen molar-refractivity contribution in [3.05, 3.63) is 29.8 Å². The Hall–Kier alpha value is -1.39. The van der Waals surface area contributed by atoms with Crippen molar-refractivity contribution < 1.29 is 9.90 Å². The Bertz CT molecular complexity index is 430. The number of benzene rings is 1. The third kappa shape index (κ3) is 2.96. The van der Waals surface area contributed by atoms with Crippen LogP contribution < -0.4 is 10.2 Å². The minimum atomic E-state index is -0.271. The predicted molar refractivity (Wildman–Crippen MR) is 76.3 cm³/mol. The molecule has 1 heterocycles. The number of anilines is 1. The molecule has 104 valence electrons. The molecule has 2 rings (SSSR count). The summed E-state index contributed by atoms with van der Waals surface area (Å²) >= 11 is 0. The Morgan fingerprint density at radius 2 is 2.05 bits per heavy atom. The zero-order valence-electron chi connectivity index (χ0n) is 11.6. The van der Waals surface area contributed by atoms with Crippen LogP contribution in [0.1, 0.15) is 25.8 Å². The van der Waals surface area contributed by atoms with Crippen LogP contribution in [0.15, 0.2) is 24.3 Å². The van der Waals surface area contributed by atoms with Crippen LogP contribution in [0, 0.1) is 0 Å². The molecule has 1 aromatic rings. The summed E-state index contributed by atoms with van der Waals surface area (Å²) in [6.07, 6.45) is 1.47. The van der Waals surface area contributed by atoms with E-state index in [-0.39, 0.29) is 24.6 Å². The minimum Gasteiger partial charge on any atom is -0.396 e. The van der Waals surface area contributed by atoms with Crippen LogP contribution in [-0.2, 0) is 11.2 Å². The zero-order valence-corrected chi connectivity index (χ0v) is 11.6. The van der Waals surface area contributed by atoms with Gasteiger partial charge < -0.3 is 15.3 Å². The van der Waals surface area contributed by atoms with Crippen molar-refractivity contribution in [2.24, 2.45) is 0 Å². The molecule has 4 heteroatoms. The molecule has 4 nitrogen and oxygen atoms in total. The lowest BCUT2D eigenvalue weighted by molar-refractivity contribution is -0.122. The van der Waals surface area contributed by atoms with Gasteiger partial charge in [0.2, 0.25) is 5.91 Å². The van der Waals surface area contributed by atoms with Gasteiger partial charge in [0.05, 0.1) is 6.04 Å². The second-order valence-electron chi connectivity index (χ2n) is 5.05. The topological polar surface area (TPSA) is 52.6 Å². The number of aliphatic hydroxyl groups is 1. The van der Waals surface area contributed by atoms with Gasteiger partial charge in [-0.1, -0.05) is 19.1 Å². The summed E-state index contributed by atoms with van der Waals surface area (Å²) in [5.74, 6) is 0.0528. The summed E-state index contributed by atoms with van der Waals surface area (Å²) in [5, 5.41) is 12.2. The van der Waals surface area contributed by atoms with Gasteiger partial charge in [0, 0.05) is 24.9 Å². The van der Waals surface area contributed by atoms with Gasteiger partial charge in [0.15, 0.2) is 0 Å². The summed E-state index contributed by atoms with van der Waals surface area (Å²) in [6.45, 7) is 4.94. The molecule has 19 heavy (non-hydrogen) atoms. The van der Waals surface area contributed by atoms with E-state index in [1.165, 1.54) is 5.56 Å². The van der Waals surface area contributed by atoms with Crippen LogP contribution in [0.25, 0.3) is 0 Å². The molecule has 0 aliphatic carbocycles. The van der Waals surface area contributed by atoms with E-state index >= 15 is 0 Å². The largest absolute Gasteiger partial charge is 0.396 e. The van der Waals surface area contributed by atoms with Gasteiger partial charge in [-0.15, -0.1) is 0 Å². The minimum absolute atomic E-state index is 0.0282. The lowest BCUT2D eigenvalue weighted by atomic mass is 10.0. The fraction of sp³-hybridized carbons (Fsp3) is 0.533. The fourth-order valence-electron chi connectivity index (χ4n) is 2.51. The van der Waals surface area contributed by atoms with Crippen LogP contribution in [0.3, 0.4) is 0 Å². The lowest BCUT2D eigenvalue weighted by Crippen LogP contribution is -2.59. The van der Waals surface area contributed by atoms with Gasteiger partial charge in [0.25, 0.3) is 0 Å². The number of carbonyl (C=O) groups is 1. The Kier molecular flexibility index (Phi) is 4.56. The third-order valence-corrected chi connectivity index (χ3v) is 3.68. The molecule has 1 amide bonds. The van der Waals surface area contributed by atoms with Crippen molar-refractivity contribution in [1.29, 1.82) is 0 Å². The molecule has 1 aliphatic rings. The normalized spacial score (nSPS) is 23.7. The first-order valence-corrected chi connectivity index (χ1v) is 6.93. The molecule has 2 N–H and O–H groups in total. The highest BCUT2D eigenvalue weighted by Gasteiger charge is 2.33. The number of piperazine rings is 1. The van der Waals surface area contributed by atoms with Crippen molar-refractivity contribution in [2.45, 2.75) is 38.8 Å². The van der Waals surface area contributed by atoms with Crippen molar-refractivity contribution >= 4 is 11.6 Å². The average Bonchev–Trinajstić information content (AvgIpc) is 2.43. The first-order valence-electron chi connectivity index (χ1n) is 6.93. The molecule has 0 saturated carbocycles. The number of rotatable bonds is 4. The SMILES string of the molecule is CCc1ccc(N2C(=O)C(CCO)NCC2C)cc1. The maximum Gasteiger partial charge on any atom is 0.244 e. The molecule has 0 radical (unpaired) electrons. The van der Waals surface area contributed by atoms with Gasteiger partial charge in [-0.25, -0.2) is 0 Å². The Morgan fingerprint density at radius 1 is 1.37 bits per heavy atom. The lowest BCUT2D eigenvalue weighted by Gasteiger charge is -2.38. The van der Waals surface area contributed by atoms with E-state index in [2.05, 4.69) is 24.4 Å². The molecular weight excluding hydrogens is 240 g/mol. The number of aliphatic hydroxyl groups excluding tert-OH is 1. The van der Waals surface area contributed by atoms with Crippen molar-refractivity contribution in [2.75, 3.05) is 18.1 Å². The maximum atomic E-state index is 12.4. The summed E-state index contributed by atoms with van der Waals surface area (Å²) in [7, 11) is 0. The van der Waals surface area contributed by atoms with Crippen molar-refractivity contribution in [1.82, 2.24) is 5.32 Å². The molecule has 1 aliphatic heterocycles. The van der Waals surface area contributed by atoms with Crippen LogP contribution in [-0.4, -0.2) is 36.2 Å². The Balaban J connectivity index is 2.21. The Labute approximate surface area is 114 Å². The molecule has 0 bridgehead atoms. The van der Waals surface area contributed by atoms with E-state index in [1.807, 2.05) is 24.0 Å². The van der Waals surface area contributed by atoms with Gasteiger partial charge in [0.1, 0.15) is 0 Å². The first kappa shape index (κ1) is 14.0. The molecule has 2 atom stereocenters. The number of nitrogens with one attached hydrogen (secondary N) is 1. The summed E-state index contributed by atoms with van der Waals surface area (Å²) < 4.78 is 0. The fourth-order valence-corrected chi connectivity index (χ4v) is 2.51. The predicted octanol–water partition coefficient (Wildman–Crippen LogP) is 1.32. The highest BCUT2D eigenvalue weighted by molar-refractivity contribution is 5.98. The monoisotopic (exact) mass is 262 g/mol. The van der Waals surface area contributed by atoms with Crippen LogP contribution >= 0.6 is 0 Å². The number of hydrogen-bond acceptors (Lipinski definition) is 3. The van der Waals surface area contributed by atoms with E-state index in [9.17, 15) is 4.79 Å². The standard InChI is InChI=1S/C15H22N2O2/c1-3-12-4-6-13(7-5-12)17-11(2)10-16-14(8-9-18)15(17)19/h4-7,11,14,16,18H,3,8-10H2,1-2H3. The zero-order chi connectivity index (χ0) is 13.8. The van der Waals surface area contributed by atoms with Gasteiger partial charge in [-0.2, -0.15) is 0 Å². The van der Waals surface area contributed by atoms with Crippen LogP contribution in [0.4, 0.5) is 5.69 Å². The third-order valence-electron chi connectivity index (χ3n) is 3.68. The van der Waals surface area contributed by atoms with Crippen molar-refractivity contribution in [3.63, 3.8) is 0 Å². The second kappa shape index (κ2) is 6.17. The molecule has 2 unspecified atom stereocenters. The summed E-state index contributed by atoms with van der Waals surface area (Å²) in [4.78, 5) is 14.3. The summed E-state index contributed by atoms with van der Waals surface area (Å²) in [6, 6.07) is 8.02. The molecule has 1 aromatic carbocycles. The molecule has 1 fully saturated rings. The number of nitrogens with zero attached hydrogens (tertiary/aromatic N) is 1. The van der Waals surface area contributed by atoms with E-state index in [0.29, 0.717) is 6.42 Å². The summed E-state index contributed by atoms with van der Waals surface area (Å²) in [5.41, 5.74) is 2.21. The molecule has 0 spiro atoms. The van der Waals surface area contributed by atoms with Crippen LogP contribution in [0.2, 0.25) is 0 Å². The maximum absolute atomic E-state index is 12.4. The quantitative estimate of drug-likeness (QED) is 0.860. The van der Waals surface area contributed by atoms with E-state index in [4.69, 9.17) is 5.11 Å². The van der Waals surface area contributed by atoms with Crippen LogP contribution in [0.5, 0.6) is 0 Å². The van der Waals surface area contributed by atoms with Gasteiger partial charge in [-0.05, 0) is 37.5 Å². The van der Waals surface area contributed by atoms with E-state index in [1.54, 1.807) is 0 Å². The number of amides is 1. The number of aryl methyl sites for hydroxylation is 1. The van der Waals surface area contributed by atoms with Gasteiger partial charge in [-0.3, -0.25) is 4.79 Å². The number of carbonyl (C=O) groups excluding carboxylic acids is 1. The molecule has 0 aromatic heterocycles. The van der Waals surface area contributed by atoms with E-state index in [0.717, 1.165) is 18.7 Å². The highest BCUT2D eigenvalue weighted by atomic mass is 16.3. The van der Waals surface area contributed by atoms with Gasteiger partial charge >= 0.3 is 0 Å². The first-order chi connectivity index (χ1) is 9.17. The van der Waals surface area contributed by atoms with Crippen molar-refractivity contribution in [3.8, 4) is 0 Å². The highest BCUT2D eigenvalue weighted by Crippen LogP contribution is 2.22. The molecule has 1 saturated heterocycles. The smallest absolute Gasteiger partial charge is 0.244 e. The van der Waals surface area contributed by atoms with E-state index < -0.39 is 0 Å². The second-order valence-corrected chi connectivity index (χ2v) is 5.05. The Morgan fingerprint density at radius 3 is 2.63 bits per heavy atom. The molecular formula is C15H22N2O2.